The number of hydrogen-bond acceptors (Lipinski definition) is 2. The second kappa shape index (κ2) is 12.0. The Labute approximate surface area is 255 Å². The maximum Gasteiger partial charge on any atom is 0.183 e. The average molecular weight is 681 g/mol. The molecule has 0 amide bonds. The summed E-state index contributed by atoms with van der Waals surface area (Å²) in [6, 6.07) is 0. The van der Waals surface area contributed by atoms with E-state index in [1.165, 1.54) is 21.5 Å². The van der Waals surface area contributed by atoms with Crippen LogP contribution < -0.4 is 0 Å². The maximum atomic E-state index is 7.06. The molecule has 2 aliphatic rings. The summed E-state index contributed by atoms with van der Waals surface area (Å²) >= 11 is 14.1. The first-order valence-corrected chi connectivity index (χ1v) is 26.8. The molecule has 2 rings (SSSR count). The molecule has 0 aromatic heterocycles. The first-order chi connectivity index (χ1) is 15.5. The van der Waals surface area contributed by atoms with Gasteiger partial charge in [-0.1, -0.05) is 85.8 Å². The predicted octanol–water partition coefficient (Wildman–Crippen LogP) is 9.71. The van der Waals surface area contributed by atoms with Crippen molar-refractivity contribution < 1.29 is 35.1 Å². The average Bonchev–Trinajstić information content (AvgIpc) is 3.23. The molecule has 9 heteroatoms. The third-order valence-electron chi connectivity index (χ3n) is 7.78. The van der Waals surface area contributed by atoms with Crippen LogP contribution in [0.15, 0.2) is 43.8 Å². The summed E-state index contributed by atoms with van der Waals surface area (Å²) in [4.78, 5) is 0. The maximum absolute atomic E-state index is 7.06. The second-order valence-electron chi connectivity index (χ2n) is 14.0. The third-order valence-corrected chi connectivity index (χ3v) is 19.0. The molecule has 0 aliphatic heterocycles. The van der Waals surface area contributed by atoms with Gasteiger partial charge in [0.2, 0.25) is 0 Å². The molecule has 0 N–H and O–H groups in total. The van der Waals surface area contributed by atoms with Crippen molar-refractivity contribution in [1.82, 2.24) is 0 Å². The SMILES string of the molecule is CC(O[Si](C)(C)C)[Si](C)(C)C1=CCC(Cl)=C1C(C)(C)C1=C(Cl)CC=C1[Si](C)(C)C(C)O[Si](C)(C)C.[Zr]. The summed E-state index contributed by atoms with van der Waals surface area (Å²) in [6.45, 7) is 32.7. The fourth-order valence-corrected chi connectivity index (χ4v) is 17.5. The smallest absolute Gasteiger partial charge is 0.183 e. The Bertz CT molecular complexity index is 891. The molecule has 0 radical (unpaired) electrons. The molecule has 2 aliphatic carbocycles. The zero-order valence-electron chi connectivity index (χ0n) is 25.3. The number of halogens is 2. The van der Waals surface area contributed by atoms with Crippen molar-refractivity contribution in [1.29, 1.82) is 0 Å². The van der Waals surface area contributed by atoms with Crippen LogP contribution >= 0.6 is 23.2 Å². The molecule has 0 aromatic carbocycles. The summed E-state index contributed by atoms with van der Waals surface area (Å²) < 4.78 is 13.3. The van der Waals surface area contributed by atoms with Gasteiger partial charge in [-0.05, 0) is 64.3 Å². The van der Waals surface area contributed by atoms with Crippen molar-refractivity contribution in [2.24, 2.45) is 5.41 Å². The first-order valence-electron chi connectivity index (χ1n) is 13.1. The van der Waals surface area contributed by atoms with Gasteiger partial charge < -0.3 is 8.85 Å². The van der Waals surface area contributed by atoms with E-state index < -0.39 is 32.8 Å². The van der Waals surface area contributed by atoms with Gasteiger partial charge in [0.05, 0.1) is 0 Å². The zero-order chi connectivity index (χ0) is 27.4. The van der Waals surface area contributed by atoms with Crippen LogP contribution in [0.2, 0.25) is 65.5 Å². The van der Waals surface area contributed by atoms with E-state index in [-0.39, 0.29) is 43.1 Å². The van der Waals surface area contributed by atoms with Gasteiger partial charge >= 0.3 is 0 Å². The van der Waals surface area contributed by atoms with Crippen LogP contribution in [-0.4, -0.2) is 44.2 Å². The molecule has 0 bridgehead atoms. The van der Waals surface area contributed by atoms with E-state index in [1.54, 1.807) is 0 Å². The molecule has 0 spiro atoms. The normalized spacial score (nSPS) is 19.9. The fourth-order valence-electron chi connectivity index (χ4n) is 5.52. The minimum Gasteiger partial charge on any atom is -0.418 e. The van der Waals surface area contributed by atoms with Gasteiger partial charge in [0.1, 0.15) is 16.1 Å². The summed E-state index contributed by atoms with van der Waals surface area (Å²) in [7, 11) is -7.22. The summed E-state index contributed by atoms with van der Waals surface area (Å²) in [5, 5.41) is 4.85. The molecule has 0 fully saturated rings. The number of rotatable bonds is 10. The Balaban J connectivity index is 0.00000648. The van der Waals surface area contributed by atoms with Gasteiger partial charge in [-0.15, -0.1) is 0 Å². The zero-order valence-corrected chi connectivity index (χ0v) is 33.3. The molecular weight excluding hydrogens is 631 g/mol. The molecule has 204 valence electrons. The Morgan fingerprint density at radius 3 is 1.19 bits per heavy atom. The van der Waals surface area contributed by atoms with Gasteiger partial charge in [0.25, 0.3) is 0 Å². The van der Waals surface area contributed by atoms with Crippen LogP contribution in [0.3, 0.4) is 0 Å². The number of allylic oxidation sites excluding steroid dienone is 8. The van der Waals surface area contributed by atoms with Crippen molar-refractivity contribution in [3.8, 4) is 0 Å². The summed E-state index contributed by atoms with van der Waals surface area (Å²) in [5.41, 5.74) is 2.78. The van der Waals surface area contributed by atoms with E-state index in [4.69, 9.17) is 32.1 Å². The Hall–Kier alpha value is 1.21. The monoisotopic (exact) mass is 678 g/mol. The molecular formula is C27H50Cl2O2Si4Zr. The van der Waals surface area contributed by atoms with Gasteiger partial charge in [0, 0.05) is 66.0 Å². The fraction of sp³-hybridized carbons (Fsp3) is 0.704. The van der Waals surface area contributed by atoms with Crippen molar-refractivity contribution >= 4 is 56.0 Å². The molecule has 2 unspecified atom stereocenters. The van der Waals surface area contributed by atoms with Crippen molar-refractivity contribution in [3.05, 3.63) is 43.8 Å². The van der Waals surface area contributed by atoms with Crippen LogP contribution in [0.4, 0.5) is 0 Å². The molecule has 2 nitrogen and oxygen atoms in total. The van der Waals surface area contributed by atoms with Crippen molar-refractivity contribution in [3.63, 3.8) is 0 Å². The first kappa shape index (κ1) is 35.2. The Kier molecular flexibility index (Phi) is 11.7. The van der Waals surface area contributed by atoms with E-state index in [0.29, 0.717) is 0 Å². The molecule has 0 heterocycles. The molecule has 0 saturated heterocycles. The van der Waals surface area contributed by atoms with Crippen molar-refractivity contribution in [2.75, 3.05) is 0 Å². The quantitative estimate of drug-likeness (QED) is 0.214. The Morgan fingerprint density at radius 1 is 0.667 bits per heavy atom. The largest absolute Gasteiger partial charge is 0.418 e. The van der Waals surface area contributed by atoms with Gasteiger partial charge in [-0.25, -0.2) is 0 Å². The standard InChI is InChI=1S/C27H50Cl2O2Si4.Zr/c1-19(30-32(5,6)7)34(11,12)23-17-15-21(28)25(23)27(3,4)26-22(29)16-18-24(26)35(13,14)20(2)31-33(8,9)10;/h17-20H,15-16H2,1-14H3;. The molecule has 0 saturated carbocycles. The predicted molar refractivity (Wildman–Crippen MR) is 168 cm³/mol. The minimum absolute atomic E-state index is 0. The van der Waals surface area contributed by atoms with Crippen LogP contribution in [0.1, 0.15) is 40.5 Å². The van der Waals surface area contributed by atoms with Gasteiger partial charge in [-0.3, -0.25) is 0 Å². The van der Waals surface area contributed by atoms with E-state index in [2.05, 4.69) is 105 Å². The Morgan fingerprint density at radius 2 is 0.944 bits per heavy atom. The van der Waals surface area contributed by atoms with Crippen molar-refractivity contribution in [2.45, 2.75) is 117 Å². The molecule has 36 heavy (non-hydrogen) atoms. The molecule has 2 atom stereocenters. The minimum atomic E-state index is -1.95. The molecule has 0 aromatic rings. The van der Waals surface area contributed by atoms with Crippen LogP contribution in [-0.2, 0) is 35.1 Å². The summed E-state index contributed by atoms with van der Waals surface area (Å²) in [5.74, 6) is 0. The second-order valence-corrected chi connectivity index (χ2v) is 33.4. The van der Waals surface area contributed by atoms with Crippen LogP contribution in [0, 0.1) is 5.41 Å². The topological polar surface area (TPSA) is 18.5 Å². The number of hydrogen-bond donors (Lipinski definition) is 0. The van der Waals surface area contributed by atoms with E-state index >= 15 is 0 Å². The van der Waals surface area contributed by atoms with Crippen LogP contribution in [0.5, 0.6) is 0 Å². The van der Waals surface area contributed by atoms with E-state index in [9.17, 15) is 0 Å². The van der Waals surface area contributed by atoms with Crippen LogP contribution in [0.25, 0.3) is 0 Å². The van der Waals surface area contributed by atoms with Gasteiger partial charge in [-0.2, -0.15) is 0 Å². The van der Waals surface area contributed by atoms with E-state index in [0.717, 1.165) is 22.9 Å². The van der Waals surface area contributed by atoms with Gasteiger partial charge in [0.15, 0.2) is 16.6 Å². The summed E-state index contributed by atoms with van der Waals surface area (Å²) in [6.07, 6.45) is 6.40. The third kappa shape index (κ3) is 7.69. The van der Waals surface area contributed by atoms with E-state index in [1.807, 2.05) is 0 Å².